The Morgan fingerprint density at radius 1 is 1.31 bits per heavy atom. The van der Waals surface area contributed by atoms with Crippen molar-refractivity contribution in [2.24, 2.45) is 4.99 Å². The van der Waals surface area contributed by atoms with Crippen LogP contribution in [0.4, 0.5) is 8.78 Å². The fourth-order valence-electron chi connectivity index (χ4n) is 3.56. The van der Waals surface area contributed by atoms with Crippen molar-refractivity contribution in [1.29, 1.82) is 0 Å². The van der Waals surface area contributed by atoms with Gasteiger partial charge >= 0.3 is 0 Å². The molecule has 26 heavy (non-hydrogen) atoms. The van der Waals surface area contributed by atoms with E-state index in [1.54, 1.807) is 14.1 Å². The Kier molecular flexibility index (Phi) is 5.74. The normalized spacial score (nSPS) is 18.0. The molecule has 0 aromatic heterocycles. The number of guanidine groups is 1. The number of hydrogen-bond donors (Lipinski definition) is 1. The second kappa shape index (κ2) is 8.01. The molecule has 1 aliphatic carbocycles. The smallest absolute Gasteiger partial charge is 0.243 e. The molecule has 7 heteroatoms. The van der Waals surface area contributed by atoms with Gasteiger partial charge in [-0.3, -0.25) is 4.79 Å². The Bertz CT molecular complexity index is 699. The molecular formula is C19H26F2N4O. The predicted octanol–water partition coefficient (Wildman–Crippen LogP) is 2.30. The van der Waals surface area contributed by atoms with Crippen LogP contribution in [0, 0.1) is 11.6 Å². The maximum absolute atomic E-state index is 14.0. The van der Waals surface area contributed by atoms with E-state index in [0.29, 0.717) is 42.6 Å². The molecule has 1 aromatic rings. The van der Waals surface area contributed by atoms with Gasteiger partial charge in [0.1, 0.15) is 18.2 Å². The molecule has 5 nitrogen and oxygen atoms in total. The molecule has 0 radical (unpaired) electrons. The summed E-state index contributed by atoms with van der Waals surface area (Å²) in [6.45, 7) is 1.03. The minimum atomic E-state index is -0.562. The zero-order valence-electron chi connectivity index (χ0n) is 15.4. The molecule has 0 unspecified atom stereocenters. The Morgan fingerprint density at radius 2 is 2.04 bits per heavy atom. The zero-order valence-corrected chi connectivity index (χ0v) is 15.4. The van der Waals surface area contributed by atoms with Crippen LogP contribution in [0.25, 0.3) is 0 Å². The van der Waals surface area contributed by atoms with Crippen molar-refractivity contribution in [3.05, 3.63) is 34.9 Å². The van der Waals surface area contributed by atoms with Crippen LogP contribution in [0.1, 0.15) is 36.8 Å². The van der Waals surface area contributed by atoms with Crippen molar-refractivity contribution in [3.8, 4) is 0 Å². The molecule has 0 atom stereocenters. The van der Waals surface area contributed by atoms with E-state index in [-0.39, 0.29) is 12.5 Å². The molecule has 1 aromatic carbocycles. The van der Waals surface area contributed by atoms with Crippen molar-refractivity contribution in [2.45, 2.75) is 44.7 Å². The number of rotatable bonds is 3. The lowest BCUT2D eigenvalue weighted by Crippen LogP contribution is -2.47. The number of aliphatic imine (C=N–C) groups is 1. The quantitative estimate of drug-likeness (QED) is 0.661. The second-order valence-electron chi connectivity index (χ2n) is 7.25. The van der Waals surface area contributed by atoms with Gasteiger partial charge in [-0.25, -0.2) is 13.8 Å². The van der Waals surface area contributed by atoms with Gasteiger partial charge in [0.05, 0.1) is 0 Å². The van der Waals surface area contributed by atoms with Crippen LogP contribution >= 0.6 is 0 Å². The molecule has 0 spiro atoms. The highest BCUT2D eigenvalue weighted by molar-refractivity contribution is 5.85. The van der Waals surface area contributed by atoms with Crippen LogP contribution < -0.4 is 5.32 Å². The molecule has 3 rings (SSSR count). The number of hydrogen-bond acceptors (Lipinski definition) is 2. The summed E-state index contributed by atoms with van der Waals surface area (Å²) in [5, 5.41) is 3.46. The largest absolute Gasteiger partial charge is 0.353 e. The van der Waals surface area contributed by atoms with Crippen LogP contribution in [-0.4, -0.2) is 54.9 Å². The van der Waals surface area contributed by atoms with Crippen molar-refractivity contribution < 1.29 is 13.6 Å². The van der Waals surface area contributed by atoms with Crippen molar-refractivity contribution in [3.63, 3.8) is 0 Å². The van der Waals surface area contributed by atoms with Gasteiger partial charge in [0.15, 0.2) is 5.96 Å². The highest BCUT2D eigenvalue weighted by atomic mass is 19.1. The summed E-state index contributed by atoms with van der Waals surface area (Å²) in [7, 11) is 3.40. The van der Waals surface area contributed by atoms with Crippen LogP contribution in [0.15, 0.2) is 17.1 Å². The molecule has 0 bridgehead atoms. The number of likely N-dealkylation sites (N-methyl/N-ethyl adjacent to an activating group) is 1. The first-order valence-electron chi connectivity index (χ1n) is 9.17. The molecule has 1 fully saturated rings. The van der Waals surface area contributed by atoms with Crippen LogP contribution in [0.3, 0.4) is 0 Å². The molecule has 2 aliphatic rings. The molecule has 1 heterocycles. The highest BCUT2D eigenvalue weighted by Crippen LogP contribution is 2.24. The SMILES string of the molecule is CN(C)C(=O)CN=C(NC1CCCC1)N1CCc2c(F)cc(F)cc2C1. The fourth-order valence-corrected chi connectivity index (χ4v) is 3.56. The van der Waals surface area contributed by atoms with Gasteiger partial charge < -0.3 is 15.1 Å². The zero-order chi connectivity index (χ0) is 18.7. The van der Waals surface area contributed by atoms with Gasteiger partial charge in [-0.2, -0.15) is 0 Å². The number of nitrogens with one attached hydrogen (secondary N) is 1. The number of benzene rings is 1. The van der Waals surface area contributed by atoms with Gasteiger partial charge in [-0.15, -0.1) is 0 Å². The number of carbonyl (C=O) groups excluding carboxylic acids is 1. The van der Waals surface area contributed by atoms with E-state index in [0.717, 1.165) is 18.9 Å². The highest BCUT2D eigenvalue weighted by Gasteiger charge is 2.25. The summed E-state index contributed by atoms with van der Waals surface area (Å²) < 4.78 is 27.6. The van der Waals surface area contributed by atoms with E-state index in [1.807, 2.05) is 4.90 Å². The van der Waals surface area contributed by atoms with Crippen LogP contribution in [0.2, 0.25) is 0 Å². The first-order chi connectivity index (χ1) is 12.4. The maximum Gasteiger partial charge on any atom is 0.243 e. The lowest BCUT2D eigenvalue weighted by atomic mass is 9.99. The van der Waals surface area contributed by atoms with Gasteiger partial charge in [0, 0.05) is 39.3 Å². The standard InChI is InChI=1S/C19H26F2N4O/c1-24(2)18(26)11-22-19(23-15-5-3-4-6-15)25-8-7-16-13(12-25)9-14(20)10-17(16)21/h9-10,15H,3-8,11-12H2,1-2H3,(H,22,23). The third-order valence-electron chi connectivity index (χ3n) is 5.10. The average molecular weight is 364 g/mol. The van der Waals surface area contributed by atoms with E-state index in [1.165, 1.54) is 23.8 Å². The molecule has 1 saturated carbocycles. The van der Waals surface area contributed by atoms with E-state index in [9.17, 15) is 13.6 Å². The van der Waals surface area contributed by atoms with E-state index >= 15 is 0 Å². The fraction of sp³-hybridized carbons (Fsp3) is 0.579. The number of halogens is 2. The first-order valence-corrected chi connectivity index (χ1v) is 9.17. The number of nitrogens with zero attached hydrogens (tertiary/aromatic N) is 3. The Hall–Kier alpha value is -2.18. The molecule has 0 saturated heterocycles. The first kappa shape index (κ1) is 18.6. The van der Waals surface area contributed by atoms with Gasteiger partial charge in [0.25, 0.3) is 0 Å². The lowest BCUT2D eigenvalue weighted by Gasteiger charge is -2.33. The van der Waals surface area contributed by atoms with Crippen molar-refractivity contribution in [2.75, 3.05) is 27.2 Å². The lowest BCUT2D eigenvalue weighted by molar-refractivity contribution is -0.127. The summed E-state index contributed by atoms with van der Waals surface area (Å²) in [6.07, 6.45) is 5.01. The Balaban J connectivity index is 1.79. The monoisotopic (exact) mass is 364 g/mol. The van der Waals surface area contributed by atoms with Crippen molar-refractivity contribution >= 4 is 11.9 Å². The number of amides is 1. The average Bonchev–Trinajstić information content (AvgIpc) is 3.10. The van der Waals surface area contributed by atoms with Crippen LogP contribution in [-0.2, 0) is 17.8 Å². The van der Waals surface area contributed by atoms with Crippen LogP contribution in [0.5, 0.6) is 0 Å². The molecular weight excluding hydrogens is 338 g/mol. The second-order valence-corrected chi connectivity index (χ2v) is 7.25. The van der Waals surface area contributed by atoms with Gasteiger partial charge in [0.2, 0.25) is 5.91 Å². The summed E-state index contributed by atoms with van der Waals surface area (Å²) >= 11 is 0. The summed E-state index contributed by atoms with van der Waals surface area (Å²) in [6, 6.07) is 2.67. The molecule has 1 N–H and O–H groups in total. The van der Waals surface area contributed by atoms with E-state index in [4.69, 9.17) is 0 Å². The minimum absolute atomic E-state index is 0.0585. The van der Waals surface area contributed by atoms with Gasteiger partial charge in [-0.05, 0) is 36.5 Å². The summed E-state index contributed by atoms with van der Waals surface area (Å²) in [5.41, 5.74) is 1.22. The van der Waals surface area contributed by atoms with E-state index in [2.05, 4.69) is 10.3 Å². The minimum Gasteiger partial charge on any atom is -0.353 e. The Morgan fingerprint density at radius 3 is 2.73 bits per heavy atom. The molecule has 1 aliphatic heterocycles. The number of carbonyl (C=O) groups is 1. The summed E-state index contributed by atoms with van der Waals surface area (Å²) in [4.78, 5) is 19.9. The predicted molar refractivity (Wildman–Crippen MR) is 96.9 cm³/mol. The molecule has 142 valence electrons. The van der Waals surface area contributed by atoms with Gasteiger partial charge in [-0.1, -0.05) is 12.8 Å². The Labute approximate surface area is 153 Å². The number of fused-ring (bicyclic) bond motifs is 1. The maximum atomic E-state index is 14.0. The third kappa shape index (κ3) is 4.31. The van der Waals surface area contributed by atoms with Crippen molar-refractivity contribution in [1.82, 2.24) is 15.1 Å². The third-order valence-corrected chi connectivity index (χ3v) is 5.10. The molecule has 1 amide bonds. The summed E-state index contributed by atoms with van der Waals surface area (Å²) in [5.74, 6) is -0.467. The van der Waals surface area contributed by atoms with E-state index < -0.39 is 11.6 Å². The topological polar surface area (TPSA) is 47.9 Å².